The van der Waals surface area contributed by atoms with Crippen molar-refractivity contribution < 1.29 is 13.9 Å². The Kier molecular flexibility index (Phi) is 6.33. The van der Waals surface area contributed by atoms with Gasteiger partial charge in [-0.05, 0) is 49.1 Å². The number of nitrogens with one attached hydrogen (secondary N) is 1. The van der Waals surface area contributed by atoms with Crippen molar-refractivity contribution in [3.63, 3.8) is 0 Å². The Morgan fingerprint density at radius 2 is 1.97 bits per heavy atom. The van der Waals surface area contributed by atoms with Crippen molar-refractivity contribution in [1.82, 2.24) is 5.32 Å². The number of fused-ring (bicyclic) bond motifs is 1. The minimum atomic E-state index is -0.110. The number of carbonyl (C=O) groups is 1. The molecule has 1 N–H and O–H groups in total. The summed E-state index contributed by atoms with van der Waals surface area (Å²) < 4.78 is 11.5. The molecule has 2 aromatic carbocycles. The molecule has 0 unspecified atom stereocenters. The monoisotopic (exact) mass is 411 g/mol. The van der Waals surface area contributed by atoms with E-state index in [1.165, 1.54) is 0 Å². The lowest BCUT2D eigenvalue weighted by Gasteiger charge is -2.13. The zero-order chi connectivity index (χ0) is 21.1. The molecule has 1 aromatic heterocycles. The number of allylic oxidation sites excluding steroid dienone is 1. The van der Waals surface area contributed by atoms with Crippen LogP contribution in [0, 0.1) is 12.8 Å². The molecule has 0 aliphatic carbocycles. The van der Waals surface area contributed by atoms with Gasteiger partial charge in [-0.25, -0.2) is 0 Å². The number of hydrogen-bond acceptors (Lipinski definition) is 3. The maximum absolute atomic E-state index is 12.3. The molecule has 3 rings (SSSR count). The van der Waals surface area contributed by atoms with Gasteiger partial charge < -0.3 is 14.5 Å². The van der Waals surface area contributed by atoms with Crippen molar-refractivity contribution in [1.29, 1.82) is 0 Å². The highest BCUT2D eigenvalue weighted by Gasteiger charge is 2.18. The second-order valence-electron chi connectivity index (χ2n) is 7.58. The Morgan fingerprint density at radius 1 is 1.28 bits per heavy atom. The van der Waals surface area contributed by atoms with Gasteiger partial charge in [-0.15, -0.1) is 0 Å². The Morgan fingerprint density at radius 3 is 2.59 bits per heavy atom. The molecule has 0 spiro atoms. The van der Waals surface area contributed by atoms with Gasteiger partial charge >= 0.3 is 0 Å². The zero-order valence-corrected chi connectivity index (χ0v) is 18.2. The molecule has 152 valence electrons. The first-order chi connectivity index (χ1) is 13.8. The quantitative estimate of drug-likeness (QED) is 0.488. The summed E-state index contributed by atoms with van der Waals surface area (Å²) in [7, 11) is 1.63. The molecule has 4 nitrogen and oxygen atoms in total. The first-order valence-electron chi connectivity index (χ1n) is 9.63. The largest absolute Gasteiger partial charge is 0.496 e. The minimum absolute atomic E-state index is 0.110. The van der Waals surface area contributed by atoms with Crippen molar-refractivity contribution in [3.8, 4) is 16.9 Å². The first kappa shape index (κ1) is 21.0. The normalized spacial score (nSPS) is 11.9. The molecule has 3 aromatic rings. The molecule has 0 bridgehead atoms. The summed E-state index contributed by atoms with van der Waals surface area (Å²) in [4.78, 5) is 12.3. The van der Waals surface area contributed by atoms with Crippen LogP contribution in [0.15, 0.2) is 47.1 Å². The predicted octanol–water partition coefficient (Wildman–Crippen LogP) is 6.25. The first-order valence-corrected chi connectivity index (χ1v) is 10.0. The lowest BCUT2D eigenvalue weighted by molar-refractivity contribution is -0.116. The maximum Gasteiger partial charge on any atom is 0.244 e. The van der Waals surface area contributed by atoms with Crippen LogP contribution in [0.5, 0.6) is 5.75 Å². The van der Waals surface area contributed by atoms with E-state index in [2.05, 4.69) is 19.2 Å². The van der Waals surface area contributed by atoms with E-state index in [0.717, 1.165) is 38.8 Å². The molecule has 1 heterocycles. The van der Waals surface area contributed by atoms with Gasteiger partial charge in [0, 0.05) is 39.7 Å². The van der Waals surface area contributed by atoms with Gasteiger partial charge in [0.25, 0.3) is 0 Å². The van der Waals surface area contributed by atoms with Gasteiger partial charge in [-0.3, -0.25) is 4.79 Å². The molecule has 0 saturated heterocycles. The fourth-order valence-electron chi connectivity index (χ4n) is 3.35. The molecule has 0 atom stereocenters. The third kappa shape index (κ3) is 4.48. The SMILES string of the molecule is COc1c(/C(C)=C/C(=O)NCC(C)C)cc2c(-c3ccc(Cl)cc3)coc2c1C. The van der Waals surface area contributed by atoms with Crippen LogP contribution in [-0.2, 0) is 4.79 Å². The van der Waals surface area contributed by atoms with Gasteiger partial charge in [0.05, 0.1) is 13.4 Å². The lowest BCUT2D eigenvalue weighted by atomic mass is 9.96. The lowest BCUT2D eigenvalue weighted by Crippen LogP contribution is -2.25. The Labute approximate surface area is 176 Å². The van der Waals surface area contributed by atoms with Crippen molar-refractivity contribution in [2.24, 2.45) is 5.92 Å². The van der Waals surface area contributed by atoms with Gasteiger partial charge in [-0.1, -0.05) is 37.6 Å². The highest BCUT2D eigenvalue weighted by Crippen LogP contribution is 2.40. The number of hydrogen-bond donors (Lipinski definition) is 1. The topological polar surface area (TPSA) is 51.5 Å². The van der Waals surface area contributed by atoms with Crippen LogP contribution >= 0.6 is 11.6 Å². The number of aryl methyl sites for hydroxylation is 1. The van der Waals surface area contributed by atoms with E-state index in [9.17, 15) is 4.79 Å². The summed E-state index contributed by atoms with van der Waals surface area (Å²) in [5.74, 6) is 0.995. The number of amides is 1. The second-order valence-corrected chi connectivity index (χ2v) is 8.02. The fourth-order valence-corrected chi connectivity index (χ4v) is 3.48. The van der Waals surface area contributed by atoms with Crippen LogP contribution in [0.1, 0.15) is 31.9 Å². The Hall–Kier alpha value is -2.72. The van der Waals surface area contributed by atoms with E-state index >= 15 is 0 Å². The summed E-state index contributed by atoms with van der Waals surface area (Å²) in [6.45, 7) is 8.65. The average Bonchev–Trinajstić information content (AvgIpc) is 3.11. The second kappa shape index (κ2) is 8.75. The van der Waals surface area contributed by atoms with Crippen LogP contribution in [0.4, 0.5) is 0 Å². The molecule has 0 fully saturated rings. The summed E-state index contributed by atoms with van der Waals surface area (Å²) in [6.07, 6.45) is 3.37. The van der Waals surface area contributed by atoms with Crippen molar-refractivity contribution >= 4 is 34.1 Å². The number of rotatable bonds is 6. The summed E-state index contributed by atoms with van der Waals surface area (Å²) in [5.41, 5.74) is 5.36. The molecule has 0 radical (unpaired) electrons. The number of ether oxygens (including phenoxy) is 1. The number of benzene rings is 2. The number of carbonyl (C=O) groups excluding carboxylic acids is 1. The minimum Gasteiger partial charge on any atom is -0.496 e. The van der Waals surface area contributed by atoms with Crippen LogP contribution in [0.3, 0.4) is 0 Å². The van der Waals surface area contributed by atoms with Crippen molar-refractivity contribution in [2.75, 3.05) is 13.7 Å². The molecule has 0 aliphatic heterocycles. The van der Waals surface area contributed by atoms with E-state index in [-0.39, 0.29) is 5.91 Å². The molecule has 29 heavy (non-hydrogen) atoms. The van der Waals surface area contributed by atoms with Crippen LogP contribution in [0.2, 0.25) is 5.02 Å². The molecule has 0 aliphatic rings. The van der Waals surface area contributed by atoms with Gasteiger partial charge in [0.15, 0.2) is 0 Å². The standard InChI is InChI=1S/C24H26ClNO3/c1-14(2)12-26-22(27)10-15(3)19-11-20-21(17-6-8-18(25)9-7-17)13-29-24(20)16(4)23(19)28-5/h6-11,13-14H,12H2,1-5H3,(H,26,27)/b15-10+. The van der Waals surface area contributed by atoms with E-state index in [4.69, 9.17) is 20.8 Å². The number of furan rings is 1. The van der Waals surface area contributed by atoms with Crippen LogP contribution in [-0.4, -0.2) is 19.6 Å². The molecule has 1 amide bonds. The van der Waals surface area contributed by atoms with E-state index in [1.807, 2.05) is 44.2 Å². The summed E-state index contributed by atoms with van der Waals surface area (Å²) in [6, 6.07) is 9.67. The smallest absolute Gasteiger partial charge is 0.244 e. The zero-order valence-electron chi connectivity index (χ0n) is 17.4. The van der Waals surface area contributed by atoms with E-state index in [0.29, 0.717) is 23.2 Å². The van der Waals surface area contributed by atoms with Crippen molar-refractivity contribution in [3.05, 3.63) is 58.8 Å². The third-order valence-corrected chi connectivity index (χ3v) is 5.11. The summed E-state index contributed by atoms with van der Waals surface area (Å²) in [5, 5.41) is 4.58. The fraction of sp³-hybridized carbons (Fsp3) is 0.292. The highest BCUT2D eigenvalue weighted by atomic mass is 35.5. The van der Waals surface area contributed by atoms with E-state index < -0.39 is 0 Å². The molecular formula is C24H26ClNO3. The predicted molar refractivity (Wildman–Crippen MR) is 119 cm³/mol. The molecule has 0 saturated carbocycles. The van der Waals surface area contributed by atoms with Gasteiger partial charge in [-0.2, -0.15) is 0 Å². The van der Waals surface area contributed by atoms with Gasteiger partial charge in [0.1, 0.15) is 11.3 Å². The van der Waals surface area contributed by atoms with Crippen molar-refractivity contribution in [2.45, 2.75) is 27.7 Å². The van der Waals surface area contributed by atoms with Crippen LogP contribution in [0.25, 0.3) is 27.7 Å². The molecular weight excluding hydrogens is 386 g/mol. The highest BCUT2D eigenvalue weighted by molar-refractivity contribution is 6.30. The Bertz CT molecular complexity index is 1060. The number of halogens is 1. The van der Waals surface area contributed by atoms with Crippen LogP contribution < -0.4 is 10.1 Å². The summed E-state index contributed by atoms with van der Waals surface area (Å²) >= 11 is 6.03. The third-order valence-electron chi connectivity index (χ3n) is 4.86. The average molecular weight is 412 g/mol. The van der Waals surface area contributed by atoms with E-state index in [1.54, 1.807) is 19.4 Å². The maximum atomic E-state index is 12.3. The van der Waals surface area contributed by atoms with Gasteiger partial charge in [0.2, 0.25) is 5.91 Å². The Balaban J connectivity index is 2.10. The number of methoxy groups -OCH3 is 1. The molecule has 5 heteroatoms.